The van der Waals surface area contributed by atoms with Crippen molar-refractivity contribution >= 4 is 16.9 Å². The highest BCUT2D eigenvalue weighted by atomic mass is 19.4. The van der Waals surface area contributed by atoms with Gasteiger partial charge >= 0.3 is 6.18 Å². The third-order valence-electron chi connectivity index (χ3n) is 5.40. The molecule has 0 aliphatic carbocycles. The summed E-state index contributed by atoms with van der Waals surface area (Å²) in [5, 5.41) is 0.435. The van der Waals surface area contributed by atoms with Gasteiger partial charge < -0.3 is 9.32 Å². The fourth-order valence-corrected chi connectivity index (χ4v) is 3.92. The van der Waals surface area contributed by atoms with Gasteiger partial charge in [0.05, 0.1) is 11.1 Å². The van der Waals surface area contributed by atoms with Crippen LogP contribution in [0.3, 0.4) is 0 Å². The summed E-state index contributed by atoms with van der Waals surface area (Å²) in [6, 6.07) is 7.57. The normalized spacial score (nSPS) is 17.1. The number of hydrogen-bond donors (Lipinski definition) is 0. The van der Waals surface area contributed by atoms with Crippen LogP contribution in [0.15, 0.2) is 40.8 Å². The first-order valence-electron chi connectivity index (χ1n) is 9.47. The first-order chi connectivity index (χ1) is 14.1. The number of furan rings is 1. The van der Waals surface area contributed by atoms with Crippen LogP contribution in [0.4, 0.5) is 22.0 Å². The maximum absolute atomic E-state index is 13.8. The standard InChI is InChI=1S/C22H18F5NO2/c1-12-2-4-17(22(25,26)27)16(8-12)21(29)28-7-6-13(11-28)9-15-10-14-3-5-18(23)19(24)20(14)30-15/h2-5,8,10,13H,6-7,9,11H2,1H3/t13-/m0/s1. The monoisotopic (exact) mass is 423 g/mol. The summed E-state index contributed by atoms with van der Waals surface area (Å²) in [5.41, 5.74) is -0.898. The van der Waals surface area contributed by atoms with Crippen molar-refractivity contribution in [1.82, 2.24) is 4.90 Å². The Balaban J connectivity index is 1.51. The molecule has 0 bridgehead atoms. The second kappa shape index (κ2) is 7.41. The lowest BCUT2D eigenvalue weighted by Crippen LogP contribution is -2.31. The van der Waals surface area contributed by atoms with Crippen molar-refractivity contribution in [2.24, 2.45) is 5.92 Å². The molecular formula is C22H18F5NO2. The predicted octanol–water partition coefficient (Wildman–Crippen LogP) is 5.74. The van der Waals surface area contributed by atoms with Gasteiger partial charge in [-0.2, -0.15) is 17.6 Å². The van der Waals surface area contributed by atoms with E-state index in [4.69, 9.17) is 4.42 Å². The number of likely N-dealkylation sites (tertiary alicyclic amines) is 1. The summed E-state index contributed by atoms with van der Waals surface area (Å²) in [7, 11) is 0. The molecule has 3 aromatic rings. The highest BCUT2D eigenvalue weighted by Crippen LogP contribution is 2.34. The predicted molar refractivity (Wildman–Crippen MR) is 100 cm³/mol. The van der Waals surface area contributed by atoms with Gasteiger partial charge in [0.25, 0.3) is 5.91 Å². The number of fused-ring (bicyclic) bond motifs is 1. The third kappa shape index (κ3) is 3.78. The average molecular weight is 423 g/mol. The topological polar surface area (TPSA) is 33.5 Å². The van der Waals surface area contributed by atoms with Crippen LogP contribution in [0.25, 0.3) is 11.0 Å². The summed E-state index contributed by atoms with van der Waals surface area (Å²) in [4.78, 5) is 14.2. The maximum atomic E-state index is 13.8. The molecule has 158 valence electrons. The van der Waals surface area contributed by atoms with Crippen LogP contribution in [0.5, 0.6) is 0 Å². The number of carbonyl (C=O) groups is 1. The molecule has 0 radical (unpaired) electrons. The first kappa shape index (κ1) is 20.4. The first-order valence-corrected chi connectivity index (χ1v) is 9.47. The zero-order valence-corrected chi connectivity index (χ0v) is 16.0. The van der Waals surface area contributed by atoms with Gasteiger partial charge in [0.2, 0.25) is 5.82 Å². The number of carbonyl (C=O) groups excluding carboxylic acids is 1. The van der Waals surface area contributed by atoms with E-state index < -0.39 is 29.3 Å². The van der Waals surface area contributed by atoms with Crippen molar-refractivity contribution < 1.29 is 31.2 Å². The van der Waals surface area contributed by atoms with E-state index in [-0.39, 0.29) is 23.6 Å². The lowest BCUT2D eigenvalue weighted by atomic mass is 10.0. The average Bonchev–Trinajstić information content (AvgIpc) is 3.30. The van der Waals surface area contributed by atoms with Crippen molar-refractivity contribution in [2.75, 3.05) is 13.1 Å². The van der Waals surface area contributed by atoms with E-state index in [2.05, 4.69) is 0 Å². The van der Waals surface area contributed by atoms with Crippen LogP contribution in [-0.4, -0.2) is 23.9 Å². The molecule has 1 aliphatic rings. The Morgan fingerprint density at radius 2 is 1.93 bits per heavy atom. The number of hydrogen-bond acceptors (Lipinski definition) is 2. The van der Waals surface area contributed by atoms with E-state index in [0.717, 1.165) is 12.1 Å². The zero-order valence-electron chi connectivity index (χ0n) is 16.0. The number of alkyl halides is 3. The maximum Gasteiger partial charge on any atom is 0.417 e. The van der Waals surface area contributed by atoms with Gasteiger partial charge in [-0.3, -0.25) is 4.79 Å². The molecule has 2 aromatic carbocycles. The summed E-state index contributed by atoms with van der Waals surface area (Å²) < 4.78 is 72.6. The van der Waals surface area contributed by atoms with Crippen molar-refractivity contribution in [1.29, 1.82) is 0 Å². The van der Waals surface area contributed by atoms with Crippen LogP contribution in [0, 0.1) is 24.5 Å². The Morgan fingerprint density at radius 3 is 2.67 bits per heavy atom. The Bertz CT molecular complexity index is 1120. The van der Waals surface area contributed by atoms with Crippen LogP contribution < -0.4 is 0 Å². The Kier molecular flexibility index (Phi) is 5.03. The minimum atomic E-state index is -4.62. The molecule has 0 saturated carbocycles. The molecule has 2 heterocycles. The van der Waals surface area contributed by atoms with E-state index >= 15 is 0 Å². The molecule has 1 atom stereocenters. The molecule has 0 unspecified atom stereocenters. The SMILES string of the molecule is Cc1ccc(C(F)(F)F)c(C(=O)N2CC[C@@H](Cc3cc4ccc(F)c(F)c4o3)C2)c1. The fraction of sp³-hybridized carbons (Fsp3) is 0.318. The second-order valence-corrected chi connectivity index (χ2v) is 7.65. The quantitative estimate of drug-likeness (QED) is 0.503. The Morgan fingerprint density at radius 1 is 1.17 bits per heavy atom. The molecule has 4 rings (SSSR count). The fourth-order valence-electron chi connectivity index (χ4n) is 3.92. The van der Waals surface area contributed by atoms with Crippen molar-refractivity contribution in [3.8, 4) is 0 Å². The number of amides is 1. The number of aryl methyl sites for hydroxylation is 1. The molecule has 0 spiro atoms. The number of rotatable bonds is 3. The largest absolute Gasteiger partial charge is 0.458 e. The molecule has 8 heteroatoms. The smallest absolute Gasteiger partial charge is 0.417 e. The molecule has 1 saturated heterocycles. The minimum Gasteiger partial charge on any atom is -0.458 e. The van der Waals surface area contributed by atoms with Gasteiger partial charge in [0.1, 0.15) is 5.76 Å². The number of nitrogens with zero attached hydrogens (tertiary/aromatic N) is 1. The highest BCUT2D eigenvalue weighted by molar-refractivity contribution is 5.96. The molecule has 1 fully saturated rings. The van der Waals surface area contributed by atoms with Crippen LogP contribution in [-0.2, 0) is 12.6 Å². The molecule has 1 aliphatic heterocycles. The highest BCUT2D eigenvalue weighted by Gasteiger charge is 2.37. The van der Waals surface area contributed by atoms with E-state index in [1.54, 1.807) is 13.0 Å². The van der Waals surface area contributed by atoms with Crippen molar-refractivity contribution in [3.05, 3.63) is 70.5 Å². The molecular weight excluding hydrogens is 405 g/mol. The minimum absolute atomic E-state index is 0.0541. The van der Waals surface area contributed by atoms with Gasteiger partial charge in [-0.15, -0.1) is 0 Å². The molecule has 30 heavy (non-hydrogen) atoms. The summed E-state index contributed by atoms with van der Waals surface area (Å²) in [5.74, 6) is -2.33. The Hall–Kier alpha value is -2.90. The lowest BCUT2D eigenvalue weighted by Gasteiger charge is -2.20. The van der Waals surface area contributed by atoms with E-state index in [1.807, 2.05) is 0 Å². The Labute approximate surface area is 169 Å². The molecule has 3 nitrogen and oxygen atoms in total. The summed E-state index contributed by atoms with van der Waals surface area (Å²) in [6.45, 7) is 2.21. The van der Waals surface area contributed by atoms with Gasteiger partial charge in [-0.25, -0.2) is 4.39 Å². The summed E-state index contributed by atoms with van der Waals surface area (Å²) in [6.07, 6.45) is -3.67. The van der Waals surface area contributed by atoms with Crippen molar-refractivity contribution in [2.45, 2.75) is 25.9 Å². The lowest BCUT2D eigenvalue weighted by molar-refractivity contribution is -0.138. The summed E-state index contributed by atoms with van der Waals surface area (Å²) >= 11 is 0. The van der Waals surface area contributed by atoms with Crippen LogP contribution in [0.1, 0.15) is 33.7 Å². The second-order valence-electron chi connectivity index (χ2n) is 7.65. The van der Waals surface area contributed by atoms with E-state index in [1.165, 1.54) is 23.1 Å². The molecule has 1 amide bonds. The van der Waals surface area contributed by atoms with Gasteiger partial charge in [0, 0.05) is 24.9 Å². The third-order valence-corrected chi connectivity index (χ3v) is 5.40. The van der Waals surface area contributed by atoms with Crippen LogP contribution in [0.2, 0.25) is 0 Å². The van der Waals surface area contributed by atoms with Gasteiger partial charge in [-0.05, 0) is 49.6 Å². The number of benzene rings is 2. The van der Waals surface area contributed by atoms with Crippen LogP contribution >= 0.6 is 0 Å². The van der Waals surface area contributed by atoms with E-state index in [0.29, 0.717) is 36.1 Å². The van der Waals surface area contributed by atoms with Gasteiger partial charge in [-0.1, -0.05) is 11.6 Å². The van der Waals surface area contributed by atoms with Gasteiger partial charge in [0.15, 0.2) is 11.4 Å². The molecule has 0 N–H and O–H groups in total. The molecule has 1 aromatic heterocycles. The zero-order chi connectivity index (χ0) is 21.6. The van der Waals surface area contributed by atoms with Crippen molar-refractivity contribution in [3.63, 3.8) is 0 Å². The van der Waals surface area contributed by atoms with E-state index in [9.17, 15) is 26.7 Å². The number of halogens is 5.